The van der Waals surface area contributed by atoms with Gasteiger partial charge in [0.25, 0.3) is 0 Å². The monoisotopic (exact) mass is 215 g/mol. The van der Waals surface area contributed by atoms with E-state index < -0.39 is 0 Å². The van der Waals surface area contributed by atoms with E-state index >= 15 is 0 Å². The van der Waals surface area contributed by atoms with Gasteiger partial charge in [-0.05, 0) is 12.8 Å². The molecule has 0 bridgehead atoms. The molecule has 1 N–H and O–H groups in total. The average molecular weight is 215 g/mol. The van der Waals surface area contributed by atoms with Crippen molar-refractivity contribution >= 4 is 5.97 Å². The molecule has 0 aliphatic carbocycles. The van der Waals surface area contributed by atoms with Crippen LogP contribution in [0.2, 0.25) is 0 Å². The molecule has 0 radical (unpaired) electrons. The third-order valence-electron chi connectivity index (χ3n) is 2.00. The van der Waals surface area contributed by atoms with Crippen LogP contribution in [0, 0.1) is 0 Å². The van der Waals surface area contributed by atoms with Crippen LogP contribution in [-0.2, 0) is 14.3 Å². The second kappa shape index (κ2) is 9.68. The second-order valence-electron chi connectivity index (χ2n) is 3.13. The van der Waals surface area contributed by atoms with Crippen LogP contribution in [0.15, 0.2) is 12.7 Å². The summed E-state index contributed by atoms with van der Waals surface area (Å²) in [5.74, 6) is -0.219. The molecule has 0 fully saturated rings. The molecule has 0 saturated carbocycles. The number of hydrogen-bond acceptors (Lipinski definition) is 4. The maximum absolute atomic E-state index is 11.2. The molecular formula is C11H21NO3. The van der Waals surface area contributed by atoms with Gasteiger partial charge >= 0.3 is 5.97 Å². The first kappa shape index (κ1) is 14.1. The van der Waals surface area contributed by atoms with Crippen LogP contribution in [0.3, 0.4) is 0 Å². The SMILES string of the molecule is C=CCCOCCNC(CC)C(=O)OC. The molecule has 0 amide bonds. The number of methoxy groups -OCH3 is 1. The summed E-state index contributed by atoms with van der Waals surface area (Å²) in [5.41, 5.74) is 0. The van der Waals surface area contributed by atoms with Gasteiger partial charge in [-0.25, -0.2) is 0 Å². The molecular weight excluding hydrogens is 194 g/mol. The van der Waals surface area contributed by atoms with Gasteiger partial charge in [-0.2, -0.15) is 0 Å². The summed E-state index contributed by atoms with van der Waals surface area (Å²) in [7, 11) is 1.40. The fourth-order valence-electron chi connectivity index (χ4n) is 1.11. The first-order valence-corrected chi connectivity index (χ1v) is 5.26. The van der Waals surface area contributed by atoms with Gasteiger partial charge in [-0.15, -0.1) is 6.58 Å². The lowest BCUT2D eigenvalue weighted by Crippen LogP contribution is -2.38. The largest absolute Gasteiger partial charge is 0.468 e. The zero-order chi connectivity index (χ0) is 11.5. The summed E-state index contributed by atoms with van der Waals surface area (Å²) >= 11 is 0. The summed E-state index contributed by atoms with van der Waals surface area (Å²) in [5, 5.41) is 3.07. The minimum atomic E-state index is -0.224. The molecule has 0 heterocycles. The molecule has 88 valence electrons. The molecule has 0 aromatic carbocycles. The Bertz CT molecular complexity index is 183. The zero-order valence-corrected chi connectivity index (χ0v) is 9.62. The number of nitrogens with one attached hydrogen (secondary N) is 1. The van der Waals surface area contributed by atoms with Crippen LogP contribution in [0.25, 0.3) is 0 Å². The van der Waals surface area contributed by atoms with Crippen molar-refractivity contribution in [2.45, 2.75) is 25.8 Å². The van der Waals surface area contributed by atoms with Gasteiger partial charge in [0.2, 0.25) is 0 Å². The van der Waals surface area contributed by atoms with Gasteiger partial charge in [0.1, 0.15) is 6.04 Å². The zero-order valence-electron chi connectivity index (χ0n) is 9.62. The van der Waals surface area contributed by atoms with Crippen LogP contribution in [-0.4, -0.2) is 38.9 Å². The molecule has 1 unspecified atom stereocenters. The molecule has 1 atom stereocenters. The van der Waals surface area contributed by atoms with E-state index in [1.54, 1.807) is 0 Å². The van der Waals surface area contributed by atoms with E-state index in [2.05, 4.69) is 16.6 Å². The molecule has 0 aliphatic rings. The van der Waals surface area contributed by atoms with Crippen molar-refractivity contribution in [3.8, 4) is 0 Å². The van der Waals surface area contributed by atoms with Crippen molar-refractivity contribution in [3.63, 3.8) is 0 Å². The number of hydrogen-bond donors (Lipinski definition) is 1. The number of ether oxygens (including phenoxy) is 2. The van der Waals surface area contributed by atoms with Crippen molar-refractivity contribution in [1.82, 2.24) is 5.32 Å². The maximum Gasteiger partial charge on any atom is 0.322 e. The summed E-state index contributed by atoms with van der Waals surface area (Å²) in [6.45, 7) is 7.47. The standard InChI is InChI=1S/C11H21NO3/c1-4-6-8-15-9-7-12-10(5-2)11(13)14-3/h4,10,12H,1,5-9H2,2-3H3. The van der Waals surface area contributed by atoms with E-state index in [0.29, 0.717) is 19.8 Å². The van der Waals surface area contributed by atoms with Crippen molar-refractivity contribution < 1.29 is 14.3 Å². The van der Waals surface area contributed by atoms with Crippen LogP contribution in [0.5, 0.6) is 0 Å². The minimum absolute atomic E-state index is 0.219. The minimum Gasteiger partial charge on any atom is -0.468 e. The quantitative estimate of drug-likeness (QED) is 0.356. The number of carbonyl (C=O) groups excluding carboxylic acids is 1. The Labute approximate surface area is 91.6 Å². The molecule has 4 heteroatoms. The lowest BCUT2D eigenvalue weighted by molar-refractivity contribution is -0.143. The smallest absolute Gasteiger partial charge is 0.322 e. The fourth-order valence-corrected chi connectivity index (χ4v) is 1.11. The van der Waals surface area contributed by atoms with Crippen LogP contribution in [0.4, 0.5) is 0 Å². The van der Waals surface area contributed by atoms with Crippen LogP contribution >= 0.6 is 0 Å². The Morgan fingerprint density at radius 2 is 2.27 bits per heavy atom. The molecule has 15 heavy (non-hydrogen) atoms. The summed E-state index contributed by atoms with van der Waals surface area (Å²) in [4.78, 5) is 11.2. The van der Waals surface area contributed by atoms with Crippen molar-refractivity contribution in [1.29, 1.82) is 0 Å². The Morgan fingerprint density at radius 3 is 2.80 bits per heavy atom. The Morgan fingerprint density at radius 1 is 1.53 bits per heavy atom. The summed E-state index contributed by atoms with van der Waals surface area (Å²) < 4.78 is 9.94. The van der Waals surface area contributed by atoms with E-state index in [4.69, 9.17) is 4.74 Å². The average Bonchev–Trinajstić information content (AvgIpc) is 2.27. The van der Waals surface area contributed by atoms with Crippen LogP contribution < -0.4 is 5.32 Å². The Hall–Kier alpha value is -0.870. The third-order valence-corrected chi connectivity index (χ3v) is 2.00. The molecule has 0 aromatic heterocycles. The Kier molecular flexibility index (Phi) is 9.11. The van der Waals surface area contributed by atoms with Crippen LogP contribution in [0.1, 0.15) is 19.8 Å². The number of esters is 1. The number of rotatable bonds is 9. The lowest BCUT2D eigenvalue weighted by Gasteiger charge is -2.14. The van der Waals surface area contributed by atoms with Gasteiger partial charge < -0.3 is 14.8 Å². The summed E-state index contributed by atoms with van der Waals surface area (Å²) in [6.07, 6.45) is 3.39. The topological polar surface area (TPSA) is 47.6 Å². The highest BCUT2D eigenvalue weighted by molar-refractivity contribution is 5.75. The normalized spacial score (nSPS) is 12.1. The lowest BCUT2D eigenvalue weighted by atomic mass is 10.2. The van der Waals surface area contributed by atoms with Gasteiger partial charge in [0.05, 0.1) is 20.3 Å². The fraction of sp³-hybridized carbons (Fsp3) is 0.727. The van der Waals surface area contributed by atoms with E-state index in [1.807, 2.05) is 13.0 Å². The van der Waals surface area contributed by atoms with E-state index in [0.717, 1.165) is 12.8 Å². The van der Waals surface area contributed by atoms with E-state index in [-0.39, 0.29) is 12.0 Å². The van der Waals surface area contributed by atoms with Gasteiger partial charge in [-0.3, -0.25) is 4.79 Å². The highest BCUT2D eigenvalue weighted by Gasteiger charge is 2.14. The third kappa shape index (κ3) is 7.11. The Balaban J connectivity index is 3.46. The van der Waals surface area contributed by atoms with Gasteiger partial charge in [0.15, 0.2) is 0 Å². The molecule has 0 saturated heterocycles. The molecule has 0 aromatic rings. The van der Waals surface area contributed by atoms with Gasteiger partial charge in [0, 0.05) is 6.54 Å². The first-order chi connectivity index (χ1) is 7.26. The van der Waals surface area contributed by atoms with Crippen molar-refractivity contribution in [3.05, 3.63) is 12.7 Å². The van der Waals surface area contributed by atoms with Gasteiger partial charge in [-0.1, -0.05) is 13.0 Å². The molecule has 0 aliphatic heterocycles. The van der Waals surface area contributed by atoms with E-state index in [9.17, 15) is 4.79 Å². The number of carbonyl (C=O) groups is 1. The first-order valence-electron chi connectivity index (χ1n) is 5.26. The predicted molar refractivity (Wildman–Crippen MR) is 59.7 cm³/mol. The molecule has 0 rings (SSSR count). The van der Waals surface area contributed by atoms with E-state index in [1.165, 1.54) is 7.11 Å². The maximum atomic E-state index is 11.2. The van der Waals surface area contributed by atoms with Crippen molar-refractivity contribution in [2.75, 3.05) is 26.9 Å². The second-order valence-corrected chi connectivity index (χ2v) is 3.13. The highest BCUT2D eigenvalue weighted by atomic mass is 16.5. The molecule has 4 nitrogen and oxygen atoms in total. The highest BCUT2D eigenvalue weighted by Crippen LogP contribution is 1.93. The molecule has 0 spiro atoms. The summed E-state index contributed by atoms with van der Waals surface area (Å²) in [6, 6.07) is -0.224. The predicted octanol–water partition coefficient (Wildman–Crippen LogP) is 1.12. The van der Waals surface area contributed by atoms with Crippen molar-refractivity contribution in [2.24, 2.45) is 0 Å².